The molecule has 0 saturated carbocycles. The molecule has 1 aliphatic rings. The summed E-state index contributed by atoms with van der Waals surface area (Å²) in [6.07, 6.45) is 1.65. The fourth-order valence-electron chi connectivity index (χ4n) is 2.48. The Hall–Kier alpha value is -1.69. The van der Waals surface area contributed by atoms with E-state index in [9.17, 15) is 8.42 Å². The van der Waals surface area contributed by atoms with Crippen LogP contribution in [-0.2, 0) is 16.6 Å². The van der Waals surface area contributed by atoms with Crippen molar-refractivity contribution in [2.24, 2.45) is 0 Å². The molecule has 1 aliphatic heterocycles. The van der Waals surface area contributed by atoms with Gasteiger partial charge < -0.3 is 0 Å². The quantitative estimate of drug-likeness (QED) is 0.890. The molecule has 0 radical (unpaired) electrons. The second-order valence-corrected chi connectivity index (χ2v) is 7.22. The molecule has 2 aromatic carbocycles. The molecule has 1 saturated heterocycles. The molecule has 0 bridgehead atoms. The molecular weight excluding hydrogens is 296 g/mol. The Morgan fingerprint density at radius 2 is 1.68 bits per heavy atom. The maximum atomic E-state index is 11.9. The standard InChI is InChI=1S/C17H20N2O2S/c20-22(21,19-12-5-13-19)18-11-10-15-6-4-9-17(14-15)16-7-2-1-3-8-16/h1-4,6-9,14,18H,5,10-13H2. The van der Waals surface area contributed by atoms with Crippen molar-refractivity contribution >= 4 is 10.2 Å². The van der Waals surface area contributed by atoms with Gasteiger partial charge in [-0.25, -0.2) is 4.72 Å². The summed E-state index contributed by atoms with van der Waals surface area (Å²) in [5.41, 5.74) is 3.46. The number of rotatable bonds is 6. The molecule has 0 aliphatic carbocycles. The molecule has 4 nitrogen and oxygen atoms in total. The monoisotopic (exact) mass is 316 g/mol. The topological polar surface area (TPSA) is 49.4 Å². The SMILES string of the molecule is O=S(=O)(NCCc1cccc(-c2ccccc2)c1)N1CCC1. The molecular formula is C17H20N2O2S. The summed E-state index contributed by atoms with van der Waals surface area (Å²) < 4.78 is 28.0. The van der Waals surface area contributed by atoms with E-state index in [0.29, 0.717) is 26.1 Å². The summed E-state index contributed by atoms with van der Waals surface area (Å²) in [5, 5.41) is 0. The van der Waals surface area contributed by atoms with Crippen molar-refractivity contribution in [2.75, 3.05) is 19.6 Å². The zero-order chi connectivity index (χ0) is 15.4. The molecule has 0 atom stereocenters. The Labute approximate surface area is 132 Å². The lowest BCUT2D eigenvalue weighted by Gasteiger charge is -2.29. The highest BCUT2D eigenvalue weighted by molar-refractivity contribution is 7.87. The molecule has 0 spiro atoms. The van der Waals surface area contributed by atoms with Gasteiger partial charge in [-0.3, -0.25) is 0 Å². The van der Waals surface area contributed by atoms with Gasteiger partial charge in [0, 0.05) is 19.6 Å². The molecule has 1 N–H and O–H groups in total. The second-order valence-electron chi connectivity index (χ2n) is 5.47. The van der Waals surface area contributed by atoms with Crippen LogP contribution in [0, 0.1) is 0 Å². The molecule has 0 unspecified atom stereocenters. The highest BCUT2D eigenvalue weighted by Gasteiger charge is 2.26. The first-order valence-corrected chi connectivity index (χ1v) is 8.98. The van der Waals surface area contributed by atoms with Crippen LogP contribution in [0.25, 0.3) is 11.1 Å². The first kappa shape index (κ1) is 15.2. The predicted molar refractivity (Wildman–Crippen MR) is 88.7 cm³/mol. The van der Waals surface area contributed by atoms with Gasteiger partial charge in [0.05, 0.1) is 0 Å². The minimum Gasteiger partial charge on any atom is -0.202 e. The van der Waals surface area contributed by atoms with Crippen molar-refractivity contribution in [3.8, 4) is 11.1 Å². The third-order valence-electron chi connectivity index (χ3n) is 3.89. The average molecular weight is 316 g/mol. The predicted octanol–water partition coefficient (Wildman–Crippen LogP) is 2.44. The van der Waals surface area contributed by atoms with E-state index in [0.717, 1.165) is 17.5 Å². The van der Waals surface area contributed by atoms with Gasteiger partial charge >= 0.3 is 0 Å². The molecule has 2 aromatic rings. The van der Waals surface area contributed by atoms with E-state index in [4.69, 9.17) is 0 Å². The number of nitrogens with zero attached hydrogens (tertiary/aromatic N) is 1. The Balaban J connectivity index is 1.61. The summed E-state index contributed by atoms with van der Waals surface area (Å²) in [7, 11) is -3.27. The molecule has 22 heavy (non-hydrogen) atoms. The van der Waals surface area contributed by atoms with E-state index >= 15 is 0 Å². The summed E-state index contributed by atoms with van der Waals surface area (Å²) >= 11 is 0. The molecule has 3 rings (SSSR count). The maximum absolute atomic E-state index is 11.9. The van der Waals surface area contributed by atoms with Crippen LogP contribution in [0.2, 0.25) is 0 Å². The molecule has 1 fully saturated rings. The minimum absolute atomic E-state index is 0.428. The van der Waals surface area contributed by atoms with Crippen molar-refractivity contribution in [1.29, 1.82) is 0 Å². The van der Waals surface area contributed by atoms with Gasteiger partial charge in [0.25, 0.3) is 10.2 Å². The third-order valence-corrected chi connectivity index (χ3v) is 5.50. The second kappa shape index (κ2) is 6.60. The smallest absolute Gasteiger partial charge is 0.202 e. The summed E-state index contributed by atoms with van der Waals surface area (Å²) in [5.74, 6) is 0. The van der Waals surface area contributed by atoms with Gasteiger partial charge in [0.15, 0.2) is 0 Å². The zero-order valence-corrected chi connectivity index (χ0v) is 13.2. The normalized spacial score (nSPS) is 15.5. The van der Waals surface area contributed by atoms with Gasteiger partial charge in [-0.1, -0.05) is 54.6 Å². The first-order valence-electron chi connectivity index (χ1n) is 7.54. The van der Waals surface area contributed by atoms with Crippen molar-refractivity contribution < 1.29 is 8.42 Å². The number of hydrogen-bond donors (Lipinski definition) is 1. The Morgan fingerprint density at radius 1 is 0.955 bits per heavy atom. The van der Waals surface area contributed by atoms with Gasteiger partial charge in [-0.15, -0.1) is 0 Å². The Morgan fingerprint density at radius 3 is 2.36 bits per heavy atom. The van der Waals surface area contributed by atoms with Crippen molar-refractivity contribution in [3.05, 3.63) is 60.2 Å². The van der Waals surface area contributed by atoms with Gasteiger partial charge in [-0.05, 0) is 29.5 Å². The van der Waals surface area contributed by atoms with Crippen LogP contribution in [0.15, 0.2) is 54.6 Å². The number of nitrogens with one attached hydrogen (secondary N) is 1. The highest BCUT2D eigenvalue weighted by Crippen LogP contribution is 2.20. The van der Waals surface area contributed by atoms with Crippen LogP contribution in [0.1, 0.15) is 12.0 Å². The van der Waals surface area contributed by atoms with E-state index in [2.05, 4.69) is 29.0 Å². The van der Waals surface area contributed by atoms with Crippen LogP contribution in [-0.4, -0.2) is 32.4 Å². The fraction of sp³-hybridized carbons (Fsp3) is 0.294. The average Bonchev–Trinajstić information content (AvgIpc) is 2.46. The highest BCUT2D eigenvalue weighted by atomic mass is 32.2. The first-order chi connectivity index (χ1) is 10.6. The van der Waals surface area contributed by atoms with E-state index in [1.807, 2.05) is 30.3 Å². The van der Waals surface area contributed by atoms with Crippen LogP contribution in [0.4, 0.5) is 0 Å². The van der Waals surface area contributed by atoms with E-state index in [1.165, 1.54) is 9.87 Å². The molecule has 1 heterocycles. The maximum Gasteiger partial charge on any atom is 0.279 e. The van der Waals surface area contributed by atoms with Crippen molar-refractivity contribution in [2.45, 2.75) is 12.8 Å². The Bertz CT molecular complexity index is 725. The van der Waals surface area contributed by atoms with Gasteiger partial charge in [-0.2, -0.15) is 12.7 Å². The van der Waals surface area contributed by atoms with E-state index < -0.39 is 10.2 Å². The molecule has 5 heteroatoms. The summed E-state index contributed by atoms with van der Waals surface area (Å²) in [4.78, 5) is 0. The summed E-state index contributed by atoms with van der Waals surface area (Å²) in [6, 6.07) is 18.4. The molecule has 0 amide bonds. The lowest BCUT2D eigenvalue weighted by atomic mass is 10.0. The van der Waals surface area contributed by atoms with Crippen LogP contribution >= 0.6 is 0 Å². The van der Waals surface area contributed by atoms with Crippen LogP contribution < -0.4 is 4.72 Å². The third kappa shape index (κ3) is 3.55. The Kier molecular flexibility index (Phi) is 4.57. The number of benzene rings is 2. The molecule has 0 aromatic heterocycles. The van der Waals surface area contributed by atoms with E-state index in [1.54, 1.807) is 0 Å². The van der Waals surface area contributed by atoms with Crippen molar-refractivity contribution in [1.82, 2.24) is 9.03 Å². The summed E-state index contributed by atoms with van der Waals surface area (Å²) in [6.45, 7) is 1.70. The zero-order valence-electron chi connectivity index (χ0n) is 12.4. The largest absolute Gasteiger partial charge is 0.279 e. The molecule has 116 valence electrons. The lowest BCUT2D eigenvalue weighted by molar-refractivity contribution is 0.305. The number of hydrogen-bond acceptors (Lipinski definition) is 2. The van der Waals surface area contributed by atoms with Gasteiger partial charge in [0.1, 0.15) is 0 Å². The van der Waals surface area contributed by atoms with E-state index in [-0.39, 0.29) is 0 Å². The van der Waals surface area contributed by atoms with Crippen molar-refractivity contribution in [3.63, 3.8) is 0 Å². The van der Waals surface area contributed by atoms with Crippen LogP contribution in [0.5, 0.6) is 0 Å². The van der Waals surface area contributed by atoms with Crippen LogP contribution in [0.3, 0.4) is 0 Å². The van der Waals surface area contributed by atoms with Gasteiger partial charge in [0.2, 0.25) is 0 Å². The minimum atomic E-state index is -3.27. The lowest BCUT2D eigenvalue weighted by Crippen LogP contribution is -2.48. The fourth-order valence-corrected chi connectivity index (χ4v) is 3.76.